The van der Waals surface area contributed by atoms with Crippen LogP contribution in [0.1, 0.15) is 44.6 Å². The zero-order chi connectivity index (χ0) is 14.7. The monoisotopic (exact) mass is 289 g/mol. The summed E-state index contributed by atoms with van der Waals surface area (Å²) >= 11 is 0. The van der Waals surface area contributed by atoms with Gasteiger partial charge in [0.15, 0.2) is 11.5 Å². The summed E-state index contributed by atoms with van der Waals surface area (Å²) in [4.78, 5) is 0. The van der Waals surface area contributed by atoms with Gasteiger partial charge >= 0.3 is 0 Å². The highest BCUT2D eigenvalue weighted by Gasteiger charge is 2.40. The van der Waals surface area contributed by atoms with Crippen molar-refractivity contribution in [2.24, 2.45) is 11.8 Å². The van der Waals surface area contributed by atoms with E-state index in [1.165, 1.54) is 31.2 Å². The van der Waals surface area contributed by atoms with Gasteiger partial charge in [-0.3, -0.25) is 0 Å². The molecule has 0 saturated heterocycles. The third kappa shape index (κ3) is 3.91. The molecule has 0 heterocycles. The van der Waals surface area contributed by atoms with E-state index in [0.29, 0.717) is 0 Å². The van der Waals surface area contributed by atoms with Gasteiger partial charge in [0.1, 0.15) is 0 Å². The van der Waals surface area contributed by atoms with Crippen LogP contribution in [0, 0.1) is 11.8 Å². The molecule has 0 spiro atoms. The highest BCUT2D eigenvalue weighted by Crippen LogP contribution is 2.44. The summed E-state index contributed by atoms with van der Waals surface area (Å²) in [6.45, 7) is 3.78. The highest BCUT2D eigenvalue weighted by atomic mass is 16.5. The lowest BCUT2D eigenvalue weighted by Crippen LogP contribution is -2.32. The van der Waals surface area contributed by atoms with Crippen molar-refractivity contribution in [3.8, 4) is 11.5 Å². The molecule has 0 aliphatic heterocycles. The number of ether oxygens (including phenoxy) is 2. The van der Waals surface area contributed by atoms with Crippen LogP contribution in [0.4, 0.5) is 0 Å². The lowest BCUT2D eigenvalue weighted by atomic mass is 10.1. The minimum atomic E-state index is 0.736. The second-order valence-electron chi connectivity index (χ2n) is 6.42. The lowest BCUT2D eigenvalue weighted by molar-refractivity contribution is 0.294. The summed E-state index contributed by atoms with van der Waals surface area (Å²) in [6.07, 6.45) is 6.68. The van der Waals surface area contributed by atoms with Gasteiger partial charge in [0.05, 0.1) is 13.7 Å². The van der Waals surface area contributed by atoms with Crippen molar-refractivity contribution in [3.63, 3.8) is 0 Å². The van der Waals surface area contributed by atoms with Crippen LogP contribution in [-0.4, -0.2) is 19.8 Å². The van der Waals surface area contributed by atoms with Gasteiger partial charge in [-0.15, -0.1) is 0 Å². The van der Waals surface area contributed by atoms with E-state index in [0.717, 1.165) is 48.9 Å². The van der Waals surface area contributed by atoms with Gasteiger partial charge in [-0.05, 0) is 61.6 Å². The molecule has 0 unspecified atom stereocenters. The largest absolute Gasteiger partial charge is 0.493 e. The number of hydrogen-bond acceptors (Lipinski definition) is 3. The van der Waals surface area contributed by atoms with E-state index in [1.807, 2.05) is 6.07 Å². The van der Waals surface area contributed by atoms with E-state index in [9.17, 15) is 0 Å². The van der Waals surface area contributed by atoms with Crippen LogP contribution in [0.15, 0.2) is 18.2 Å². The number of rotatable bonds is 9. The Morgan fingerprint density at radius 2 is 1.86 bits per heavy atom. The fourth-order valence-electron chi connectivity index (χ4n) is 3.02. The molecule has 0 amide bonds. The fourth-order valence-corrected chi connectivity index (χ4v) is 3.02. The molecule has 3 nitrogen and oxygen atoms in total. The Labute approximate surface area is 128 Å². The van der Waals surface area contributed by atoms with E-state index in [-0.39, 0.29) is 0 Å². The molecular formula is C18H27NO2. The van der Waals surface area contributed by atoms with Crippen LogP contribution in [0.2, 0.25) is 0 Å². The van der Waals surface area contributed by atoms with Crippen molar-refractivity contribution < 1.29 is 9.47 Å². The maximum absolute atomic E-state index is 5.71. The second-order valence-corrected chi connectivity index (χ2v) is 6.42. The van der Waals surface area contributed by atoms with Crippen LogP contribution in [0.5, 0.6) is 11.5 Å². The van der Waals surface area contributed by atoms with E-state index >= 15 is 0 Å². The first-order valence-electron chi connectivity index (χ1n) is 8.35. The summed E-state index contributed by atoms with van der Waals surface area (Å²) in [5, 5.41) is 3.78. The molecule has 2 saturated carbocycles. The van der Waals surface area contributed by atoms with Gasteiger partial charge in [0, 0.05) is 12.6 Å². The molecule has 1 N–H and O–H groups in total. The van der Waals surface area contributed by atoms with Crippen molar-refractivity contribution in [2.45, 2.75) is 51.6 Å². The van der Waals surface area contributed by atoms with Gasteiger partial charge in [0.25, 0.3) is 0 Å². The minimum Gasteiger partial charge on any atom is -0.493 e. The summed E-state index contributed by atoms with van der Waals surface area (Å²) in [5.41, 5.74) is 1.28. The molecule has 0 aromatic heterocycles. The zero-order valence-corrected chi connectivity index (χ0v) is 13.2. The molecule has 2 aliphatic carbocycles. The fraction of sp³-hybridized carbons (Fsp3) is 0.667. The Bertz CT molecular complexity index is 454. The SMILES string of the molecule is CCCOc1ccc(CNC(C2CC2)C2CC2)cc1OC. The van der Waals surface area contributed by atoms with Gasteiger partial charge in [-0.1, -0.05) is 13.0 Å². The Kier molecular flexibility index (Phi) is 4.69. The van der Waals surface area contributed by atoms with Crippen molar-refractivity contribution in [2.75, 3.05) is 13.7 Å². The Morgan fingerprint density at radius 1 is 1.14 bits per heavy atom. The standard InChI is InChI=1S/C18H27NO2/c1-3-10-21-16-9-4-13(11-17(16)20-2)12-19-18(14-5-6-14)15-7-8-15/h4,9,11,14-15,18-19H,3,5-8,10,12H2,1-2H3. The quantitative estimate of drug-likeness (QED) is 0.751. The molecule has 2 aliphatic rings. The molecule has 116 valence electrons. The predicted molar refractivity (Wildman–Crippen MR) is 84.9 cm³/mol. The molecule has 0 bridgehead atoms. The number of hydrogen-bond donors (Lipinski definition) is 1. The maximum Gasteiger partial charge on any atom is 0.161 e. The Balaban J connectivity index is 1.59. The van der Waals surface area contributed by atoms with Gasteiger partial charge in [0.2, 0.25) is 0 Å². The van der Waals surface area contributed by atoms with Crippen molar-refractivity contribution in [3.05, 3.63) is 23.8 Å². The predicted octanol–water partition coefficient (Wildman–Crippen LogP) is 3.76. The third-order valence-electron chi connectivity index (χ3n) is 4.49. The van der Waals surface area contributed by atoms with E-state index in [1.54, 1.807) is 7.11 Å². The molecule has 21 heavy (non-hydrogen) atoms. The number of methoxy groups -OCH3 is 1. The average molecular weight is 289 g/mol. The lowest BCUT2D eigenvalue weighted by Gasteiger charge is -2.18. The first kappa shape index (κ1) is 14.7. The molecule has 0 radical (unpaired) electrons. The maximum atomic E-state index is 5.71. The Hall–Kier alpha value is -1.22. The smallest absolute Gasteiger partial charge is 0.161 e. The molecule has 2 fully saturated rings. The summed E-state index contributed by atoms with van der Waals surface area (Å²) < 4.78 is 11.2. The van der Waals surface area contributed by atoms with Crippen molar-refractivity contribution in [1.82, 2.24) is 5.32 Å². The third-order valence-corrected chi connectivity index (χ3v) is 4.49. The molecular weight excluding hydrogens is 262 g/mol. The topological polar surface area (TPSA) is 30.5 Å². The van der Waals surface area contributed by atoms with Crippen LogP contribution in [0.25, 0.3) is 0 Å². The zero-order valence-electron chi connectivity index (χ0n) is 13.2. The summed E-state index contributed by atoms with van der Waals surface area (Å²) in [7, 11) is 1.71. The first-order valence-corrected chi connectivity index (χ1v) is 8.35. The highest BCUT2D eigenvalue weighted by molar-refractivity contribution is 5.43. The molecule has 1 aromatic rings. The van der Waals surface area contributed by atoms with Crippen LogP contribution < -0.4 is 14.8 Å². The molecule has 1 aromatic carbocycles. The molecule has 3 heteroatoms. The average Bonchev–Trinajstić information content (AvgIpc) is 3.38. The van der Waals surface area contributed by atoms with Gasteiger partial charge < -0.3 is 14.8 Å². The first-order chi connectivity index (χ1) is 10.3. The van der Waals surface area contributed by atoms with Gasteiger partial charge in [-0.2, -0.15) is 0 Å². The normalized spacial score (nSPS) is 18.0. The second kappa shape index (κ2) is 6.69. The van der Waals surface area contributed by atoms with E-state index < -0.39 is 0 Å². The van der Waals surface area contributed by atoms with Crippen molar-refractivity contribution >= 4 is 0 Å². The van der Waals surface area contributed by atoms with Crippen LogP contribution in [0.3, 0.4) is 0 Å². The van der Waals surface area contributed by atoms with E-state index in [4.69, 9.17) is 9.47 Å². The van der Waals surface area contributed by atoms with Crippen LogP contribution >= 0.6 is 0 Å². The number of benzene rings is 1. The molecule has 0 atom stereocenters. The van der Waals surface area contributed by atoms with Crippen LogP contribution in [-0.2, 0) is 6.54 Å². The minimum absolute atomic E-state index is 0.736. The summed E-state index contributed by atoms with van der Waals surface area (Å²) in [5.74, 6) is 3.57. The van der Waals surface area contributed by atoms with E-state index in [2.05, 4.69) is 24.4 Å². The Morgan fingerprint density at radius 3 is 2.43 bits per heavy atom. The molecule has 3 rings (SSSR count). The summed E-state index contributed by atoms with van der Waals surface area (Å²) in [6, 6.07) is 7.04. The van der Waals surface area contributed by atoms with Crippen molar-refractivity contribution in [1.29, 1.82) is 0 Å². The number of nitrogens with one attached hydrogen (secondary N) is 1. The van der Waals surface area contributed by atoms with Gasteiger partial charge in [-0.25, -0.2) is 0 Å².